The van der Waals surface area contributed by atoms with Gasteiger partial charge in [0.05, 0.1) is 4.92 Å². The first-order valence-electron chi connectivity index (χ1n) is 8.82. The standard InChI is InChI=1S/C22H19ClN2O4/c1-13-7-14(2)21(26)19(8-13)24-12-17-10-15(11-20(22(17)27)25(28)29)9-16-5-3-4-6-18(16)23/h3-8,10-12,26-27H,9H2,1-2H3/p-1. The number of aromatic hydroxyl groups is 1. The average Bonchev–Trinajstić information content (AvgIpc) is 2.66. The molecule has 3 aromatic carbocycles. The molecule has 0 radical (unpaired) electrons. The molecule has 0 aliphatic heterocycles. The SMILES string of the molecule is Cc1cc(C)c(O)c(N=Cc2cc(Cc3ccccc3Cl)cc([N+](=O)[O-])c2[O-])c1. The van der Waals surface area contributed by atoms with E-state index in [4.69, 9.17) is 11.6 Å². The Labute approximate surface area is 172 Å². The first kappa shape index (κ1) is 20.4. The third kappa shape index (κ3) is 4.55. The van der Waals surface area contributed by atoms with Crippen molar-refractivity contribution in [1.82, 2.24) is 0 Å². The molecule has 0 aliphatic rings. The lowest BCUT2D eigenvalue weighted by atomic mass is 10.0. The van der Waals surface area contributed by atoms with E-state index in [-0.39, 0.29) is 11.3 Å². The Morgan fingerprint density at radius 2 is 1.90 bits per heavy atom. The van der Waals surface area contributed by atoms with Crippen molar-refractivity contribution < 1.29 is 15.1 Å². The summed E-state index contributed by atoms with van der Waals surface area (Å²) < 4.78 is 0. The van der Waals surface area contributed by atoms with Crippen molar-refractivity contribution in [3.05, 3.63) is 91.5 Å². The van der Waals surface area contributed by atoms with Gasteiger partial charge in [0, 0.05) is 17.3 Å². The van der Waals surface area contributed by atoms with E-state index in [1.807, 2.05) is 25.1 Å². The number of nitro benzene ring substituents is 1. The molecule has 3 aromatic rings. The molecule has 148 valence electrons. The van der Waals surface area contributed by atoms with Crippen LogP contribution in [-0.4, -0.2) is 16.2 Å². The third-order valence-electron chi connectivity index (χ3n) is 4.47. The van der Waals surface area contributed by atoms with Crippen LogP contribution >= 0.6 is 11.6 Å². The van der Waals surface area contributed by atoms with E-state index in [2.05, 4.69) is 4.99 Å². The molecule has 0 amide bonds. The number of phenolic OH excluding ortho intramolecular Hbond substituents is 1. The highest BCUT2D eigenvalue weighted by molar-refractivity contribution is 6.31. The number of nitro groups is 1. The maximum atomic E-state index is 12.5. The lowest BCUT2D eigenvalue weighted by molar-refractivity contribution is -0.398. The smallest absolute Gasteiger partial charge is 0.262 e. The van der Waals surface area contributed by atoms with Crippen LogP contribution in [0.15, 0.2) is 53.5 Å². The van der Waals surface area contributed by atoms with Crippen LogP contribution in [0.5, 0.6) is 11.5 Å². The molecule has 0 heterocycles. The molecular weight excluding hydrogens is 392 g/mol. The van der Waals surface area contributed by atoms with Crippen molar-refractivity contribution in [1.29, 1.82) is 0 Å². The minimum Gasteiger partial charge on any atom is -0.867 e. The minimum absolute atomic E-state index is 0.000945. The number of nitrogens with zero attached hydrogens (tertiary/aromatic N) is 2. The van der Waals surface area contributed by atoms with Crippen molar-refractivity contribution in [3.8, 4) is 11.5 Å². The molecule has 1 N–H and O–H groups in total. The Balaban J connectivity index is 2.05. The molecule has 7 heteroatoms. The number of phenols is 1. The van der Waals surface area contributed by atoms with Crippen molar-refractivity contribution in [2.75, 3.05) is 0 Å². The quantitative estimate of drug-likeness (QED) is 0.364. The van der Waals surface area contributed by atoms with E-state index < -0.39 is 16.4 Å². The first-order chi connectivity index (χ1) is 13.8. The highest BCUT2D eigenvalue weighted by Crippen LogP contribution is 2.33. The summed E-state index contributed by atoms with van der Waals surface area (Å²) in [6.07, 6.45) is 1.58. The van der Waals surface area contributed by atoms with E-state index in [1.165, 1.54) is 12.3 Å². The first-order valence-corrected chi connectivity index (χ1v) is 9.20. The van der Waals surface area contributed by atoms with Crippen molar-refractivity contribution in [3.63, 3.8) is 0 Å². The highest BCUT2D eigenvalue weighted by atomic mass is 35.5. The zero-order valence-electron chi connectivity index (χ0n) is 15.8. The lowest BCUT2D eigenvalue weighted by Gasteiger charge is -2.14. The molecule has 0 aliphatic carbocycles. The Morgan fingerprint density at radius 1 is 1.17 bits per heavy atom. The fourth-order valence-electron chi connectivity index (χ4n) is 3.07. The van der Waals surface area contributed by atoms with Gasteiger partial charge in [-0.1, -0.05) is 35.9 Å². The van der Waals surface area contributed by atoms with Crippen LogP contribution in [0.3, 0.4) is 0 Å². The predicted octanol–water partition coefficient (Wildman–Crippen LogP) is 4.99. The summed E-state index contributed by atoms with van der Waals surface area (Å²) in [5, 5.41) is 34.6. The molecule has 0 aromatic heterocycles. The van der Waals surface area contributed by atoms with E-state index in [0.717, 1.165) is 11.1 Å². The highest BCUT2D eigenvalue weighted by Gasteiger charge is 2.14. The molecule has 29 heavy (non-hydrogen) atoms. The van der Waals surface area contributed by atoms with E-state index in [0.29, 0.717) is 28.3 Å². The van der Waals surface area contributed by atoms with Crippen LogP contribution in [0.2, 0.25) is 5.02 Å². The molecule has 0 bridgehead atoms. The molecule has 0 spiro atoms. The second-order valence-corrected chi connectivity index (χ2v) is 7.17. The lowest BCUT2D eigenvalue weighted by Crippen LogP contribution is -2.04. The largest absolute Gasteiger partial charge is 0.867 e. The van der Waals surface area contributed by atoms with Crippen LogP contribution in [-0.2, 0) is 6.42 Å². The maximum Gasteiger partial charge on any atom is 0.262 e. The average molecular weight is 410 g/mol. The second-order valence-electron chi connectivity index (χ2n) is 6.77. The molecule has 0 saturated carbocycles. The van der Waals surface area contributed by atoms with E-state index in [1.54, 1.807) is 31.2 Å². The summed E-state index contributed by atoms with van der Waals surface area (Å²) in [4.78, 5) is 14.9. The Bertz CT molecular complexity index is 1130. The fraction of sp³-hybridized carbons (Fsp3) is 0.136. The maximum absolute atomic E-state index is 12.5. The normalized spacial score (nSPS) is 11.1. The van der Waals surface area contributed by atoms with Gasteiger partial charge < -0.3 is 10.2 Å². The van der Waals surface area contributed by atoms with Crippen LogP contribution in [0.1, 0.15) is 27.8 Å². The van der Waals surface area contributed by atoms with E-state index >= 15 is 0 Å². The van der Waals surface area contributed by atoms with Gasteiger partial charge in [-0.3, -0.25) is 15.1 Å². The summed E-state index contributed by atoms with van der Waals surface area (Å²) in [5.41, 5.74) is 2.74. The summed E-state index contributed by atoms with van der Waals surface area (Å²) in [7, 11) is 0. The number of halogens is 1. The van der Waals surface area contributed by atoms with Gasteiger partial charge in [0.2, 0.25) is 0 Å². The summed E-state index contributed by atoms with van der Waals surface area (Å²) in [6, 6.07) is 13.5. The van der Waals surface area contributed by atoms with E-state index in [9.17, 15) is 20.3 Å². The number of rotatable bonds is 5. The number of aliphatic imine (C=N–C) groups is 1. The molecular formula is C22H18ClN2O4-. The number of aryl methyl sites for hydroxylation is 2. The van der Waals surface area contributed by atoms with Gasteiger partial charge >= 0.3 is 0 Å². The summed E-state index contributed by atoms with van der Waals surface area (Å²) in [5.74, 6) is -0.730. The number of hydrogen-bond acceptors (Lipinski definition) is 5. The summed E-state index contributed by atoms with van der Waals surface area (Å²) in [6.45, 7) is 3.61. The van der Waals surface area contributed by atoms with Gasteiger partial charge in [-0.25, -0.2) is 0 Å². The fourth-order valence-corrected chi connectivity index (χ4v) is 3.27. The minimum atomic E-state index is -0.731. The van der Waals surface area contributed by atoms with Gasteiger partial charge in [-0.2, -0.15) is 0 Å². The van der Waals surface area contributed by atoms with Gasteiger partial charge in [-0.15, -0.1) is 0 Å². The molecule has 3 rings (SSSR count). The van der Waals surface area contributed by atoms with Crippen LogP contribution < -0.4 is 5.11 Å². The monoisotopic (exact) mass is 409 g/mol. The zero-order chi connectivity index (χ0) is 21.1. The van der Waals surface area contributed by atoms with Crippen molar-refractivity contribution in [2.45, 2.75) is 20.3 Å². The summed E-state index contributed by atoms with van der Waals surface area (Å²) >= 11 is 6.19. The van der Waals surface area contributed by atoms with Crippen LogP contribution in [0.4, 0.5) is 11.4 Å². The molecule has 0 saturated heterocycles. The number of hydrogen-bond donors (Lipinski definition) is 1. The predicted molar refractivity (Wildman–Crippen MR) is 112 cm³/mol. The van der Waals surface area contributed by atoms with Crippen LogP contribution in [0.25, 0.3) is 0 Å². The molecule has 0 fully saturated rings. The van der Waals surface area contributed by atoms with Gasteiger partial charge in [0.1, 0.15) is 11.4 Å². The molecule has 6 nitrogen and oxygen atoms in total. The molecule has 0 atom stereocenters. The van der Waals surface area contributed by atoms with Gasteiger partial charge in [-0.05, 0) is 72.0 Å². The zero-order valence-corrected chi connectivity index (χ0v) is 16.6. The third-order valence-corrected chi connectivity index (χ3v) is 4.84. The van der Waals surface area contributed by atoms with Crippen molar-refractivity contribution in [2.24, 2.45) is 4.99 Å². The van der Waals surface area contributed by atoms with Crippen LogP contribution in [0, 0.1) is 24.0 Å². The second kappa shape index (κ2) is 8.32. The molecule has 0 unspecified atom stereocenters. The Morgan fingerprint density at radius 3 is 2.59 bits per heavy atom. The topological polar surface area (TPSA) is 98.8 Å². The Kier molecular flexibility index (Phi) is 5.84. The van der Waals surface area contributed by atoms with Gasteiger partial charge in [0.25, 0.3) is 5.69 Å². The number of benzene rings is 3. The Hall–Kier alpha value is -3.38. The van der Waals surface area contributed by atoms with Gasteiger partial charge in [0.15, 0.2) is 0 Å². The van der Waals surface area contributed by atoms with Crippen molar-refractivity contribution >= 4 is 29.2 Å².